The molecule has 0 bridgehead atoms. The lowest BCUT2D eigenvalue weighted by Crippen LogP contribution is -2.08. The van der Waals surface area contributed by atoms with Gasteiger partial charge in [-0.05, 0) is 196 Å². The summed E-state index contributed by atoms with van der Waals surface area (Å²) in [6, 6.07) is 68.1. The first-order valence-electron chi connectivity index (χ1n) is 27.9. The van der Waals surface area contributed by atoms with Crippen molar-refractivity contribution in [2.75, 3.05) is 0 Å². The van der Waals surface area contributed by atoms with Crippen molar-refractivity contribution in [3.63, 3.8) is 0 Å². The Kier molecular flexibility index (Phi) is 13.8. The Balaban J connectivity index is 1.14. The number of fused-ring (bicyclic) bond motifs is 6. The lowest BCUT2D eigenvalue weighted by Gasteiger charge is -2.21. The molecule has 14 heteroatoms. The van der Waals surface area contributed by atoms with Crippen molar-refractivity contribution in [2.24, 2.45) is 0 Å². The van der Waals surface area contributed by atoms with Crippen molar-refractivity contribution in [3.8, 4) is 108 Å². The third kappa shape index (κ3) is 9.87. The number of hydrogen-bond acceptors (Lipinski definition) is 5. The number of halogens is 3. The molecule has 0 fully saturated rings. The molecular formula is C77H36F3N11. The Morgan fingerprint density at radius 3 is 1.09 bits per heavy atom. The van der Waals surface area contributed by atoms with Crippen LogP contribution in [0.1, 0.15) is 38.9 Å². The minimum atomic E-state index is -4.75. The van der Waals surface area contributed by atoms with Crippen LogP contribution in [0.3, 0.4) is 0 Å². The summed E-state index contributed by atoms with van der Waals surface area (Å²) in [4.78, 5) is 14.6. The van der Waals surface area contributed by atoms with E-state index < -0.39 is 11.7 Å². The summed E-state index contributed by atoms with van der Waals surface area (Å²) >= 11 is 0. The van der Waals surface area contributed by atoms with Crippen LogP contribution in [0.2, 0.25) is 0 Å². The number of nitriles is 5. The van der Waals surface area contributed by atoms with Gasteiger partial charge in [-0.15, -0.1) is 0 Å². The highest BCUT2D eigenvalue weighted by atomic mass is 19.4. The summed E-state index contributed by atoms with van der Waals surface area (Å²) < 4.78 is 50.1. The summed E-state index contributed by atoms with van der Waals surface area (Å²) in [6.07, 6.45) is -4.75. The van der Waals surface area contributed by atoms with E-state index in [9.17, 15) is 26.3 Å². The van der Waals surface area contributed by atoms with Gasteiger partial charge in [0.05, 0.1) is 112 Å². The number of aromatic nitrogens is 2. The molecular weight excluding hydrogens is 1140 g/mol. The van der Waals surface area contributed by atoms with E-state index >= 15 is 13.2 Å². The molecule has 13 aromatic rings. The van der Waals surface area contributed by atoms with Crippen LogP contribution in [0.5, 0.6) is 0 Å². The molecule has 0 spiro atoms. The molecule has 0 saturated carbocycles. The van der Waals surface area contributed by atoms with Gasteiger partial charge in [0, 0.05) is 43.8 Å². The average molecular weight is 1170 g/mol. The third-order valence-electron chi connectivity index (χ3n) is 16.3. The molecule has 0 radical (unpaired) electrons. The van der Waals surface area contributed by atoms with Crippen molar-refractivity contribution in [1.29, 1.82) is 26.3 Å². The van der Waals surface area contributed by atoms with E-state index in [4.69, 9.17) is 26.3 Å². The van der Waals surface area contributed by atoms with E-state index in [1.54, 1.807) is 91.9 Å². The number of aryl methyl sites for hydroxylation is 1. The highest BCUT2D eigenvalue weighted by Gasteiger charge is 2.35. The SMILES string of the molecule is [C-]#[N+]c1cc(C#N)cc(-c2ccc3c(c2)c2cc(-c4cc(C#N)cc(C#N)c4)ccc2n3-c2cc(C#N)ccc2-c2ccc(-c3c(C)cccc3C(F)(F)F)cc2-n2c3ccc(-c4cc(C#N)cc([N+]#[C-])c4)cc3c3cc(-c4cc([N+]#[C-])cc([N+]#[C-])c4)ccc32)c1. The highest BCUT2D eigenvalue weighted by molar-refractivity contribution is 6.14. The lowest BCUT2D eigenvalue weighted by molar-refractivity contribution is -0.137. The number of rotatable bonds is 8. The second kappa shape index (κ2) is 22.3. The summed E-state index contributed by atoms with van der Waals surface area (Å²) in [5.41, 5.74) is 11.9. The van der Waals surface area contributed by atoms with Crippen molar-refractivity contribution in [3.05, 3.63) is 285 Å². The number of alkyl halides is 3. The number of hydrogen-bond donors (Lipinski definition) is 0. The molecule has 0 aliphatic heterocycles. The standard InChI is InChI=1S/C77H36F3N11/c1-44-7-6-8-69(77(78,79)80)76(44)54-10-16-64(75(37-54)91-72-19-13-52(57-25-49(43-85)27-60(30-57)87-3)35-67(72)68-36-53(14-20-73(68)91)58-31-61(88-4)38-62(32-58)89-5)63-15-9-45(39-81)28-74(63)90-70-17-11-50(55-22-46(40-82)21-47(23-55)41-83)33-65(70)66-34-51(12-18-71(66)90)56-24-48(42-84)26-59(29-56)86-2/h6-38H,1H3. The van der Waals surface area contributed by atoms with E-state index in [1.807, 2.05) is 88.0 Å². The van der Waals surface area contributed by atoms with Gasteiger partial charge in [-0.2, -0.15) is 39.5 Å². The summed E-state index contributed by atoms with van der Waals surface area (Å²) in [5.74, 6) is 0. The fourth-order valence-corrected chi connectivity index (χ4v) is 12.3. The van der Waals surface area contributed by atoms with Gasteiger partial charge in [-0.25, -0.2) is 19.4 Å². The molecule has 11 aromatic carbocycles. The Morgan fingerprint density at radius 2 is 0.692 bits per heavy atom. The molecule has 420 valence electrons. The lowest BCUT2D eigenvalue weighted by atomic mass is 9.91. The van der Waals surface area contributed by atoms with Crippen LogP contribution < -0.4 is 0 Å². The fraction of sp³-hybridized carbons (Fsp3) is 0.0260. The Labute approximate surface area is 518 Å². The maximum atomic E-state index is 15.4. The predicted octanol–water partition coefficient (Wildman–Crippen LogP) is 20.8. The quantitative estimate of drug-likeness (QED) is 0.139. The first-order valence-corrected chi connectivity index (χ1v) is 27.9. The Hall–Kier alpha value is -13.8. The Morgan fingerprint density at radius 1 is 0.341 bits per heavy atom. The largest absolute Gasteiger partial charge is 0.417 e. The van der Waals surface area contributed by atoms with Crippen molar-refractivity contribution >= 4 is 66.4 Å². The minimum Gasteiger partial charge on any atom is -0.309 e. The van der Waals surface area contributed by atoms with Crippen LogP contribution in [-0.4, -0.2) is 9.13 Å². The molecule has 91 heavy (non-hydrogen) atoms. The van der Waals surface area contributed by atoms with Gasteiger partial charge in [0.25, 0.3) is 0 Å². The van der Waals surface area contributed by atoms with E-state index in [0.717, 1.165) is 6.07 Å². The molecule has 13 rings (SSSR count). The van der Waals surface area contributed by atoms with Gasteiger partial charge in [0.15, 0.2) is 22.7 Å². The van der Waals surface area contributed by atoms with Crippen LogP contribution in [0.15, 0.2) is 200 Å². The van der Waals surface area contributed by atoms with E-state index in [1.165, 1.54) is 30.3 Å². The van der Waals surface area contributed by atoms with E-state index in [0.29, 0.717) is 122 Å². The smallest absolute Gasteiger partial charge is 0.309 e. The van der Waals surface area contributed by atoms with Crippen LogP contribution in [-0.2, 0) is 6.18 Å². The zero-order valence-corrected chi connectivity index (χ0v) is 47.6. The maximum Gasteiger partial charge on any atom is 0.417 e. The van der Waals surface area contributed by atoms with E-state index in [2.05, 4.69) is 49.7 Å². The first-order chi connectivity index (χ1) is 44.1. The normalized spacial score (nSPS) is 11.0. The molecule has 0 saturated heterocycles. The first kappa shape index (κ1) is 56.4. The van der Waals surface area contributed by atoms with Gasteiger partial charge < -0.3 is 9.13 Å². The molecule has 11 nitrogen and oxygen atoms in total. The fourth-order valence-electron chi connectivity index (χ4n) is 12.3. The van der Waals surface area contributed by atoms with Crippen molar-refractivity contribution < 1.29 is 13.2 Å². The third-order valence-corrected chi connectivity index (χ3v) is 16.3. The number of benzene rings is 11. The zero-order chi connectivity index (χ0) is 63.4. The van der Waals surface area contributed by atoms with Crippen LogP contribution in [0.25, 0.3) is 141 Å². The van der Waals surface area contributed by atoms with E-state index in [-0.39, 0.29) is 56.1 Å². The van der Waals surface area contributed by atoms with Crippen LogP contribution >= 0.6 is 0 Å². The van der Waals surface area contributed by atoms with Gasteiger partial charge >= 0.3 is 6.18 Å². The van der Waals surface area contributed by atoms with Gasteiger partial charge in [0.2, 0.25) is 0 Å². The second-order valence-corrected chi connectivity index (χ2v) is 21.6. The topological polar surface area (TPSA) is 146 Å². The summed E-state index contributed by atoms with van der Waals surface area (Å²) in [7, 11) is 0. The molecule has 0 N–H and O–H groups in total. The Bertz CT molecular complexity index is 5400. The highest BCUT2D eigenvalue weighted by Crippen LogP contribution is 2.48. The van der Waals surface area contributed by atoms with Gasteiger partial charge in [-0.1, -0.05) is 72.8 Å². The van der Waals surface area contributed by atoms with Crippen LogP contribution in [0, 0.1) is 89.9 Å². The molecule has 0 aliphatic rings. The minimum absolute atomic E-state index is 0.0310. The average Bonchev–Trinajstić information content (AvgIpc) is 1.61. The molecule has 2 aromatic heterocycles. The van der Waals surface area contributed by atoms with Crippen molar-refractivity contribution in [1.82, 2.24) is 9.13 Å². The molecule has 2 heterocycles. The summed E-state index contributed by atoms with van der Waals surface area (Å²) in [5, 5.41) is 53.7. The molecule has 0 aliphatic carbocycles. The molecule has 0 atom stereocenters. The van der Waals surface area contributed by atoms with Crippen LogP contribution in [0.4, 0.5) is 35.9 Å². The zero-order valence-electron chi connectivity index (χ0n) is 47.6. The van der Waals surface area contributed by atoms with Gasteiger partial charge in [-0.3, -0.25) is 0 Å². The maximum absolute atomic E-state index is 15.4. The summed E-state index contributed by atoms with van der Waals surface area (Å²) in [6.45, 7) is 33.1. The monoisotopic (exact) mass is 1170 g/mol. The molecule has 0 amide bonds. The van der Waals surface area contributed by atoms with Crippen molar-refractivity contribution in [2.45, 2.75) is 13.1 Å². The predicted molar refractivity (Wildman–Crippen MR) is 346 cm³/mol. The number of nitrogens with zero attached hydrogens (tertiary/aromatic N) is 11. The second-order valence-electron chi connectivity index (χ2n) is 21.6. The molecule has 0 unspecified atom stereocenters. The van der Waals surface area contributed by atoms with Gasteiger partial charge in [0.1, 0.15) is 0 Å².